The zero-order chi connectivity index (χ0) is 13.1. The second-order valence-electron chi connectivity index (χ2n) is 5.09. The second kappa shape index (κ2) is 5.53. The minimum atomic E-state index is -0.730. The number of nitrogens with zero attached hydrogens (tertiary/aromatic N) is 1. The Morgan fingerprint density at radius 2 is 1.89 bits per heavy atom. The molecule has 1 aliphatic rings. The minimum Gasteiger partial charge on any atom is -0.480 e. The van der Waals surface area contributed by atoms with Crippen LogP contribution in [0.25, 0.3) is 0 Å². The fraction of sp³-hybridized carbons (Fsp3) is 0.533. The first-order valence-electron chi connectivity index (χ1n) is 6.68. The van der Waals surface area contributed by atoms with E-state index in [0.29, 0.717) is 6.04 Å². The van der Waals surface area contributed by atoms with E-state index in [9.17, 15) is 4.79 Å². The van der Waals surface area contributed by atoms with Crippen LogP contribution in [0.1, 0.15) is 37.8 Å². The largest absolute Gasteiger partial charge is 0.480 e. The van der Waals surface area contributed by atoms with Crippen molar-refractivity contribution < 1.29 is 9.90 Å². The van der Waals surface area contributed by atoms with E-state index in [1.807, 2.05) is 0 Å². The lowest BCUT2D eigenvalue weighted by atomic mass is 10.1. The Labute approximate surface area is 108 Å². The lowest BCUT2D eigenvalue weighted by Crippen LogP contribution is -2.39. The highest BCUT2D eigenvalue weighted by atomic mass is 16.4. The van der Waals surface area contributed by atoms with Gasteiger partial charge in [0.25, 0.3) is 0 Å². The van der Waals surface area contributed by atoms with E-state index in [2.05, 4.69) is 36.1 Å². The Morgan fingerprint density at radius 1 is 1.33 bits per heavy atom. The summed E-state index contributed by atoms with van der Waals surface area (Å²) < 4.78 is 0. The first-order chi connectivity index (χ1) is 8.61. The molecule has 0 bridgehead atoms. The summed E-state index contributed by atoms with van der Waals surface area (Å²) in [4.78, 5) is 13.2. The van der Waals surface area contributed by atoms with Crippen LogP contribution in [-0.4, -0.2) is 28.1 Å². The molecule has 1 atom stereocenters. The van der Waals surface area contributed by atoms with Gasteiger partial charge in [-0.2, -0.15) is 0 Å². The summed E-state index contributed by atoms with van der Waals surface area (Å²) in [6, 6.07) is 8.55. The lowest BCUT2D eigenvalue weighted by Gasteiger charge is -2.26. The third-order valence-electron chi connectivity index (χ3n) is 3.67. The molecular formula is C15H21NO2. The molecule has 0 aliphatic heterocycles. The van der Waals surface area contributed by atoms with Gasteiger partial charge in [-0.1, -0.05) is 31.2 Å². The molecule has 0 aromatic heterocycles. The van der Waals surface area contributed by atoms with Crippen molar-refractivity contribution in [1.29, 1.82) is 0 Å². The van der Waals surface area contributed by atoms with Gasteiger partial charge in [-0.25, -0.2) is 0 Å². The molecule has 98 valence electrons. The summed E-state index contributed by atoms with van der Waals surface area (Å²) in [5, 5.41) is 9.15. The van der Waals surface area contributed by atoms with E-state index >= 15 is 0 Å². The molecule has 1 aromatic rings. The van der Waals surface area contributed by atoms with E-state index in [4.69, 9.17) is 5.11 Å². The summed E-state index contributed by atoms with van der Waals surface area (Å²) in [7, 11) is 0. The molecule has 18 heavy (non-hydrogen) atoms. The number of aliphatic carboxylic acids is 1. The average molecular weight is 247 g/mol. The lowest BCUT2D eigenvalue weighted by molar-refractivity contribution is -0.143. The second-order valence-corrected chi connectivity index (χ2v) is 5.09. The minimum absolute atomic E-state index is 0.400. The average Bonchev–Trinajstić information content (AvgIpc) is 3.20. The highest BCUT2D eigenvalue weighted by Crippen LogP contribution is 2.30. The fourth-order valence-corrected chi connectivity index (χ4v) is 2.22. The number of hydrogen-bond donors (Lipinski definition) is 1. The van der Waals surface area contributed by atoms with Gasteiger partial charge in [0, 0.05) is 12.6 Å². The number of rotatable bonds is 6. The molecule has 0 spiro atoms. The monoisotopic (exact) mass is 247 g/mol. The highest BCUT2D eigenvalue weighted by Gasteiger charge is 2.34. The Morgan fingerprint density at radius 3 is 2.33 bits per heavy atom. The van der Waals surface area contributed by atoms with Gasteiger partial charge in [0.15, 0.2) is 0 Å². The van der Waals surface area contributed by atoms with Gasteiger partial charge in [-0.15, -0.1) is 0 Å². The summed E-state index contributed by atoms with van der Waals surface area (Å²) >= 11 is 0. The summed E-state index contributed by atoms with van der Waals surface area (Å²) in [5.74, 6) is -0.730. The molecule has 1 N–H and O–H groups in total. The molecule has 3 heteroatoms. The van der Waals surface area contributed by atoms with Crippen molar-refractivity contribution in [2.24, 2.45) is 0 Å². The van der Waals surface area contributed by atoms with Crippen LogP contribution in [0.3, 0.4) is 0 Å². The summed E-state index contributed by atoms with van der Waals surface area (Å²) in [5.41, 5.74) is 2.52. The predicted molar refractivity (Wildman–Crippen MR) is 71.5 cm³/mol. The fourth-order valence-electron chi connectivity index (χ4n) is 2.22. The van der Waals surface area contributed by atoms with Gasteiger partial charge in [-0.3, -0.25) is 9.69 Å². The van der Waals surface area contributed by atoms with Crippen LogP contribution in [0.15, 0.2) is 24.3 Å². The molecule has 1 saturated carbocycles. The van der Waals surface area contributed by atoms with Crippen LogP contribution < -0.4 is 0 Å². The topological polar surface area (TPSA) is 40.5 Å². The highest BCUT2D eigenvalue weighted by molar-refractivity contribution is 5.73. The molecule has 1 aliphatic carbocycles. The van der Waals surface area contributed by atoms with E-state index < -0.39 is 12.0 Å². The summed E-state index contributed by atoms with van der Waals surface area (Å²) in [6.07, 6.45) is 3.30. The van der Waals surface area contributed by atoms with Crippen molar-refractivity contribution in [3.63, 3.8) is 0 Å². The Kier molecular flexibility index (Phi) is 4.02. The molecule has 0 saturated heterocycles. The molecule has 1 fully saturated rings. The van der Waals surface area contributed by atoms with Gasteiger partial charge in [0.05, 0.1) is 0 Å². The first kappa shape index (κ1) is 13.1. The van der Waals surface area contributed by atoms with Gasteiger partial charge >= 0.3 is 5.97 Å². The number of carbonyl (C=O) groups is 1. The third kappa shape index (κ3) is 3.10. The van der Waals surface area contributed by atoms with Gasteiger partial charge in [-0.05, 0) is 37.3 Å². The molecule has 1 aromatic carbocycles. The maximum Gasteiger partial charge on any atom is 0.320 e. The van der Waals surface area contributed by atoms with E-state index in [-0.39, 0.29) is 0 Å². The van der Waals surface area contributed by atoms with Crippen molar-refractivity contribution in [3.05, 3.63) is 35.4 Å². The first-order valence-corrected chi connectivity index (χ1v) is 6.68. The molecule has 0 heterocycles. The zero-order valence-corrected chi connectivity index (χ0v) is 11.1. The quantitative estimate of drug-likeness (QED) is 0.840. The SMILES string of the molecule is CCc1ccc(CN(C2CC2)C(C)C(=O)O)cc1. The van der Waals surface area contributed by atoms with Crippen LogP contribution in [0, 0.1) is 0 Å². The number of aryl methyl sites for hydroxylation is 1. The maximum atomic E-state index is 11.1. The Bertz CT molecular complexity index is 409. The normalized spacial score (nSPS) is 16.8. The number of hydrogen-bond acceptors (Lipinski definition) is 2. The van der Waals surface area contributed by atoms with Crippen LogP contribution in [0.5, 0.6) is 0 Å². The number of benzene rings is 1. The van der Waals surface area contributed by atoms with Crippen molar-refractivity contribution in [1.82, 2.24) is 4.90 Å². The van der Waals surface area contributed by atoms with Crippen LogP contribution in [0.4, 0.5) is 0 Å². The number of carboxylic acid groups (broad SMARTS) is 1. The predicted octanol–water partition coefficient (Wildman–Crippen LogP) is 2.69. The van der Waals surface area contributed by atoms with Gasteiger partial charge < -0.3 is 5.11 Å². The van der Waals surface area contributed by atoms with Crippen LogP contribution >= 0.6 is 0 Å². The van der Waals surface area contributed by atoms with Gasteiger partial charge in [0.1, 0.15) is 6.04 Å². The molecule has 3 nitrogen and oxygen atoms in total. The van der Waals surface area contributed by atoms with E-state index in [0.717, 1.165) is 25.8 Å². The Hall–Kier alpha value is -1.35. The molecule has 0 radical (unpaired) electrons. The zero-order valence-electron chi connectivity index (χ0n) is 11.1. The van der Waals surface area contributed by atoms with Crippen molar-refractivity contribution >= 4 is 5.97 Å². The summed E-state index contributed by atoms with van der Waals surface area (Å²) in [6.45, 7) is 4.65. The van der Waals surface area contributed by atoms with Crippen LogP contribution in [0.2, 0.25) is 0 Å². The van der Waals surface area contributed by atoms with Crippen molar-refractivity contribution in [2.45, 2.75) is 51.7 Å². The molecule has 2 rings (SSSR count). The smallest absolute Gasteiger partial charge is 0.320 e. The Balaban J connectivity index is 2.05. The van der Waals surface area contributed by atoms with Gasteiger partial charge in [0.2, 0.25) is 0 Å². The van der Waals surface area contributed by atoms with Crippen molar-refractivity contribution in [3.8, 4) is 0 Å². The third-order valence-corrected chi connectivity index (χ3v) is 3.67. The standard InChI is InChI=1S/C15H21NO2/c1-3-12-4-6-13(7-5-12)10-16(14-8-9-14)11(2)15(17)18/h4-7,11,14H,3,8-10H2,1-2H3,(H,17,18). The van der Waals surface area contributed by atoms with E-state index in [1.54, 1.807) is 6.92 Å². The van der Waals surface area contributed by atoms with Crippen molar-refractivity contribution in [2.75, 3.05) is 0 Å². The number of carboxylic acids is 1. The molecule has 0 amide bonds. The van der Waals surface area contributed by atoms with E-state index in [1.165, 1.54) is 11.1 Å². The molecular weight excluding hydrogens is 226 g/mol. The van der Waals surface area contributed by atoms with Crippen LogP contribution in [-0.2, 0) is 17.8 Å². The molecule has 1 unspecified atom stereocenters. The maximum absolute atomic E-state index is 11.1.